The highest BCUT2D eigenvalue weighted by Gasteiger charge is 2.31. The summed E-state index contributed by atoms with van der Waals surface area (Å²) in [6.45, 7) is 6.67. The zero-order chi connectivity index (χ0) is 17.8. The Morgan fingerprint density at radius 1 is 1.19 bits per heavy atom. The van der Waals surface area contributed by atoms with Crippen molar-refractivity contribution in [2.75, 3.05) is 46.1 Å². The molecule has 6 nitrogen and oxygen atoms in total. The number of aromatic amines is 1. The minimum absolute atomic E-state index is 0.0108. The average molecular weight is 357 g/mol. The van der Waals surface area contributed by atoms with Crippen LogP contribution in [0.15, 0.2) is 35.1 Å². The molecule has 0 spiro atoms. The summed E-state index contributed by atoms with van der Waals surface area (Å²) in [5, 5.41) is 4.59. The smallest absolute Gasteiger partial charge is 0.252 e. The van der Waals surface area contributed by atoms with E-state index in [0.717, 1.165) is 68.9 Å². The quantitative estimate of drug-likeness (QED) is 0.817. The van der Waals surface area contributed by atoms with Gasteiger partial charge in [-0.15, -0.1) is 0 Å². The van der Waals surface area contributed by atoms with E-state index in [1.807, 2.05) is 30.3 Å². The third-order valence-electron chi connectivity index (χ3n) is 5.52. The summed E-state index contributed by atoms with van der Waals surface area (Å²) in [7, 11) is 0. The average Bonchev–Trinajstić information content (AvgIpc) is 3.20. The van der Waals surface area contributed by atoms with Crippen LogP contribution in [0, 0.1) is 5.92 Å². The van der Waals surface area contributed by atoms with E-state index in [1.54, 1.807) is 0 Å². The number of rotatable bonds is 6. The molecule has 26 heavy (non-hydrogen) atoms. The summed E-state index contributed by atoms with van der Waals surface area (Å²) >= 11 is 0. The lowest BCUT2D eigenvalue weighted by atomic mass is 9.96. The third kappa shape index (κ3) is 3.99. The molecular weight excluding hydrogens is 330 g/mol. The SMILES string of the molecule is O=c1[nH]c2ccccc2cc1CNC[C@H]([C@H]1CCOC1)N1CCOCC1. The molecular formula is C20H27N3O3. The Kier molecular flexibility index (Phi) is 5.65. The Labute approximate surface area is 153 Å². The number of nitrogens with zero attached hydrogens (tertiary/aromatic N) is 1. The summed E-state index contributed by atoms with van der Waals surface area (Å²) < 4.78 is 11.1. The van der Waals surface area contributed by atoms with Crippen molar-refractivity contribution in [3.05, 3.63) is 46.2 Å². The van der Waals surface area contributed by atoms with E-state index in [4.69, 9.17) is 9.47 Å². The number of ether oxygens (including phenoxy) is 2. The lowest BCUT2D eigenvalue weighted by Crippen LogP contribution is -2.51. The molecule has 2 saturated heterocycles. The minimum Gasteiger partial charge on any atom is -0.381 e. The van der Waals surface area contributed by atoms with Gasteiger partial charge in [0.2, 0.25) is 0 Å². The molecule has 1 aromatic carbocycles. The standard InChI is InChI=1S/C20H27N3O3/c24-20-17(11-15-3-1-2-4-18(15)22-20)12-21-13-19(16-5-8-26-14-16)23-6-9-25-10-7-23/h1-4,11,16,19,21H,5-10,12-14H2,(H,22,24)/t16-,19+/m0/s1. The second-order valence-corrected chi connectivity index (χ2v) is 7.18. The maximum atomic E-state index is 12.3. The van der Waals surface area contributed by atoms with Crippen molar-refractivity contribution in [1.29, 1.82) is 0 Å². The molecule has 0 radical (unpaired) electrons. The van der Waals surface area contributed by atoms with Gasteiger partial charge in [-0.3, -0.25) is 9.69 Å². The molecule has 0 amide bonds. The van der Waals surface area contributed by atoms with Crippen LogP contribution in [0.3, 0.4) is 0 Å². The summed E-state index contributed by atoms with van der Waals surface area (Å²) in [6, 6.07) is 10.3. The normalized spacial score (nSPS) is 22.7. The van der Waals surface area contributed by atoms with Crippen LogP contribution < -0.4 is 10.9 Å². The fourth-order valence-electron chi connectivity index (χ4n) is 4.04. The van der Waals surface area contributed by atoms with Gasteiger partial charge in [0.1, 0.15) is 0 Å². The molecule has 2 N–H and O–H groups in total. The number of H-pyrrole nitrogens is 1. The predicted octanol–water partition coefficient (Wildman–Crippen LogP) is 1.35. The molecule has 6 heteroatoms. The van der Waals surface area contributed by atoms with Crippen LogP contribution in [0.2, 0.25) is 0 Å². The predicted molar refractivity (Wildman–Crippen MR) is 101 cm³/mol. The Hall–Kier alpha value is -1.73. The Morgan fingerprint density at radius 3 is 2.85 bits per heavy atom. The van der Waals surface area contributed by atoms with Crippen molar-refractivity contribution in [3.8, 4) is 0 Å². The van der Waals surface area contributed by atoms with Crippen molar-refractivity contribution >= 4 is 10.9 Å². The van der Waals surface area contributed by atoms with Crippen molar-refractivity contribution < 1.29 is 9.47 Å². The van der Waals surface area contributed by atoms with E-state index in [9.17, 15) is 4.79 Å². The van der Waals surface area contributed by atoms with E-state index in [0.29, 0.717) is 18.5 Å². The molecule has 0 aliphatic carbocycles. The van der Waals surface area contributed by atoms with Crippen molar-refractivity contribution in [2.24, 2.45) is 5.92 Å². The fourth-order valence-corrected chi connectivity index (χ4v) is 4.04. The second-order valence-electron chi connectivity index (χ2n) is 7.18. The van der Waals surface area contributed by atoms with Crippen molar-refractivity contribution in [2.45, 2.75) is 19.0 Å². The van der Waals surface area contributed by atoms with Gasteiger partial charge in [-0.25, -0.2) is 0 Å². The van der Waals surface area contributed by atoms with Crippen LogP contribution in [0.5, 0.6) is 0 Å². The number of hydrogen-bond acceptors (Lipinski definition) is 5. The summed E-state index contributed by atoms with van der Waals surface area (Å²) in [5.41, 5.74) is 1.66. The van der Waals surface area contributed by atoms with Gasteiger partial charge in [-0.05, 0) is 23.9 Å². The van der Waals surface area contributed by atoms with Gasteiger partial charge in [-0.2, -0.15) is 0 Å². The highest BCUT2D eigenvalue weighted by Crippen LogP contribution is 2.22. The van der Waals surface area contributed by atoms with Gasteiger partial charge < -0.3 is 19.8 Å². The van der Waals surface area contributed by atoms with Crippen LogP contribution in [0.1, 0.15) is 12.0 Å². The molecule has 140 valence electrons. The van der Waals surface area contributed by atoms with Crippen LogP contribution in [0.25, 0.3) is 10.9 Å². The molecule has 1 aromatic heterocycles. The van der Waals surface area contributed by atoms with Gasteiger partial charge >= 0.3 is 0 Å². The Balaban J connectivity index is 1.42. The second kappa shape index (κ2) is 8.31. The molecule has 4 rings (SSSR count). The Bertz CT molecular complexity index is 779. The fraction of sp³-hybridized carbons (Fsp3) is 0.550. The molecule has 2 aliphatic rings. The van der Waals surface area contributed by atoms with Gasteiger partial charge in [0.25, 0.3) is 5.56 Å². The van der Waals surface area contributed by atoms with Gasteiger partial charge in [0.15, 0.2) is 0 Å². The first kappa shape index (κ1) is 17.7. The number of benzene rings is 1. The topological polar surface area (TPSA) is 66.6 Å². The zero-order valence-corrected chi connectivity index (χ0v) is 15.1. The lowest BCUT2D eigenvalue weighted by molar-refractivity contribution is 0.00137. The summed E-state index contributed by atoms with van der Waals surface area (Å²) in [6.07, 6.45) is 1.11. The maximum absolute atomic E-state index is 12.3. The number of para-hydroxylation sites is 1. The number of pyridine rings is 1. The van der Waals surface area contributed by atoms with E-state index >= 15 is 0 Å². The van der Waals surface area contributed by atoms with E-state index in [2.05, 4.69) is 15.2 Å². The van der Waals surface area contributed by atoms with Crippen LogP contribution in [0.4, 0.5) is 0 Å². The van der Waals surface area contributed by atoms with Gasteiger partial charge in [0.05, 0.1) is 19.8 Å². The summed E-state index contributed by atoms with van der Waals surface area (Å²) in [5.74, 6) is 0.551. The number of aromatic nitrogens is 1. The first-order valence-electron chi connectivity index (χ1n) is 9.52. The lowest BCUT2D eigenvalue weighted by Gasteiger charge is -2.37. The molecule has 0 bridgehead atoms. The zero-order valence-electron chi connectivity index (χ0n) is 15.1. The van der Waals surface area contributed by atoms with E-state index in [-0.39, 0.29) is 5.56 Å². The first-order valence-corrected chi connectivity index (χ1v) is 9.52. The monoisotopic (exact) mass is 357 g/mol. The summed E-state index contributed by atoms with van der Waals surface area (Å²) in [4.78, 5) is 17.8. The molecule has 2 aliphatic heterocycles. The molecule has 3 heterocycles. The number of morpholine rings is 1. The number of fused-ring (bicyclic) bond motifs is 1. The molecule has 0 saturated carbocycles. The van der Waals surface area contributed by atoms with Gasteiger partial charge in [0, 0.05) is 55.8 Å². The van der Waals surface area contributed by atoms with Crippen LogP contribution in [-0.2, 0) is 16.0 Å². The van der Waals surface area contributed by atoms with E-state index < -0.39 is 0 Å². The van der Waals surface area contributed by atoms with Crippen molar-refractivity contribution in [3.63, 3.8) is 0 Å². The highest BCUT2D eigenvalue weighted by atomic mass is 16.5. The van der Waals surface area contributed by atoms with E-state index in [1.165, 1.54) is 0 Å². The number of nitrogens with one attached hydrogen (secondary N) is 2. The number of hydrogen-bond donors (Lipinski definition) is 2. The molecule has 0 unspecified atom stereocenters. The van der Waals surface area contributed by atoms with Crippen molar-refractivity contribution in [1.82, 2.24) is 15.2 Å². The molecule has 2 fully saturated rings. The highest BCUT2D eigenvalue weighted by molar-refractivity contribution is 5.78. The molecule has 2 aromatic rings. The first-order chi connectivity index (χ1) is 12.8. The van der Waals surface area contributed by atoms with Crippen LogP contribution >= 0.6 is 0 Å². The van der Waals surface area contributed by atoms with Gasteiger partial charge in [-0.1, -0.05) is 18.2 Å². The Morgan fingerprint density at radius 2 is 2.04 bits per heavy atom. The maximum Gasteiger partial charge on any atom is 0.252 e. The van der Waals surface area contributed by atoms with Crippen LogP contribution in [-0.4, -0.2) is 62.0 Å². The molecule has 2 atom stereocenters. The third-order valence-corrected chi connectivity index (χ3v) is 5.52. The minimum atomic E-state index is -0.0108. The largest absolute Gasteiger partial charge is 0.381 e.